The molecule has 0 aliphatic heterocycles. The predicted molar refractivity (Wildman–Crippen MR) is 101 cm³/mol. The number of carbonyl (C=O) groups is 1. The summed E-state index contributed by atoms with van der Waals surface area (Å²) in [5.74, 6) is 0.0540. The summed E-state index contributed by atoms with van der Waals surface area (Å²) in [6, 6.07) is 12.5. The molecule has 1 amide bonds. The maximum absolute atomic E-state index is 12.9. The van der Waals surface area contributed by atoms with Crippen LogP contribution < -0.4 is 5.32 Å². The molecule has 0 saturated carbocycles. The Morgan fingerprint density at radius 1 is 1.07 bits per heavy atom. The zero-order chi connectivity index (χ0) is 20.6. The molecule has 0 spiro atoms. The van der Waals surface area contributed by atoms with Gasteiger partial charge in [-0.25, -0.2) is 4.98 Å². The molecule has 0 atom stereocenters. The van der Waals surface area contributed by atoms with E-state index in [0.29, 0.717) is 28.0 Å². The van der Waals surface area contributed by atoms with Gasteiger partial charge in [-0.05, 0) is 37.3 Å². The van der Waals surface area contributed by atoms with E-state index in [1.165, 1.54) is 10.7 Å². The number of rotatable bonds is 3. The summed E-state index contributed by atoms with van der Waals surface area (Å²) in [5.41, 5.74) is 0.802. The van der Waals surface area contributed by atoms with Crippen molar-refractivity contribution >= 4 is 22.6 Å². The van der Waals surface area contributed by atoms with Crippen LogP contribution in [0.2, 0.25) is 0 Å². The van der Waals surface area contributed by atoms with Crippen molar-refractivity contribution < 1.29 is 18.0 Å². The number of amides is 1. The third kappa shape index (κ3) is 3.66. The fourth-order valence-electron chi connectivity index (χ4n) is 2.93. The number of pyridine rings is 2. The van der Waals surface area contributed by atoms with Crippen LogP contribution in [-0.4, -0.2) is 25.7 Å². The number of halogens is 3. The average molecular weight is 397 g/mol. The van der Waals surface area contributed by atoms with E-state index >= 15 is 0 Å². The van der Waals surface area contributed by atoms with E-state index in [4.69, 9.17) is 0 Å². The van der Waals surface area contributed by atoms with Crippen molar-refractivity contribution in [2.24, 2.45) is 0 Å². The highest BCUT2D eigenvalue weighted by Gasteiger charge is 2.30. The molecule has 4 aromatic rings. The smallest absolute Gasteiger partial charge is 0.306 e. The van der Waals surface area contributed by atoms with Gasteiger partial charge in [0.05, 0.1) is 16.8 Å². The Kier molecular flexibility index (Phi) is 4.50. The van der Waals surface area contributed by atoms with Crippen LogP contribution in [0.15, 0.2) is 60.9 Å². The summed E-state index contributed by atoms with van der Waals surface area (Å²) in [5, 5.41) is 7.67. The second-order valence-corrected chi connectivity index (χ2v) is 6.32. The van der Waals surface area contributed by atoms with Crippen molar-refractivity contribution in [3.05, 3.63) is 77.7 Å². The standard InChI is InChI=1S/C20H14F3N5O/c1-12-10-18(28(27-12)17-8-7-13(11-25-17)20(21,22)23)26-19(29)15-4-2-6-16-14(15)5-3-9-24-16/h2-11H,1H3,(H,26,29). The molecule has 9 heteroatoms. The molecule has 146 valence electrons. The van der Waals surface area contributed by atoms with E-state index in [1.54, 1.807) is 49.5 Å². The molecule has 6 nitrogen and oxygen atoms in total. The highest BCUT2D eigenvalue weighted by atomic mass is 19.4. The van der Waals surface area contributed by atoms with Crippen LogP contribution in [0.25, 0.3) is 16.7 Å². The number of carbonyl (C=O) groups excluding carboxylic acids is 1. The van der Waals surface area contributed by atoms with Gasteiger partial charge in [0.25, 0.3) is 5.91 Å². The zero-order valence-electron chi connectivity index (χ0n) is 15.1. The number of hydrogen-bond donors (Lipinski definition) is 1. The van der Waals surface area contributed by atoms with Crippen LogP contribution in [-0.2, 0) is 6.18 Å². The Morgan fingerprint density at radius 3 is 2.62 bits per heavy atom. The SMILES string of the molecule is Cc1cc(NC(=O)c2cccc3ncccc23)n(-c2ccc(C(F)(F)F)cn2)n1. The van der Waals surface area contributed by atoms with Crippen molar-refractivity contribution in [3.63, 3.8) is 0 Å². The number of nitrogens with one attached hydrogen (secondary N) is 1. The molecule has 0 unspecified atom stereocenters. The van der Waals surface area contributed by atoms with Crippen molar-refractivity contribution in [1.29, 1.82) is 0 Å². The lowest BCUT2D eigenvalue weighted by Gasteiger charge is -2.11. The molecule has 1 N–H and O–H groups in total. The second kappa shape index (κ2) is 7.01. The Labute approximate surface area is 163 Å². The van der Waals surface area contributed by atoms with E-state index in [0.717, 1.165) is 12.3 Å². The summed E-state index contributed by atoms with van der Waals surface area (Å²) in [7, 11) is 0. The monoisotopic (exact) mass is 397 g/mol. The fourth-order valence-corrected chi connectivity index (χ4v) is 2.93. The van der Waals surface area contributed by atoms with E-state index in [1.807, 2.05) is 0 Å². The molecule has 0 radical (unpaired) electrons. The van der Waals surface area contributed by atoms with E-state index < -0.39 is 17.6 Å². The van der Waals surface area contributed by atoms with Crippen LogP contribution >= 0.6 is 0 Å². The largest absolute Gasteiger partial charge is 0.417 e. The van der Waals surface area contributed by atoms with E-state index in [-0.39, 0.29) is 5.82 Å². The lowest BCUT2D eigenvalue weighted by Crippen LogP contribution is -2.16. The highest BCUT2D eigenvalue weighted by Crippen LogP contribution is 2.29. The highest BCUT2D eigenvalue weighted by molar-refractivity contribution is 6.12. The van der Waals surface area contributed by atoms with Crippen LogP contribution in [0.4, 0.5) is 19.0 Å². The van der Waals surface area contributed by atoms with Gasteiger partial charge in [0.1, 0.15) is 5.82 Å². The van der Waals surface area contributed by atoms with Gasteiger partial charge in [0, 0.05) is 29.4 Å². The second-order valence-electron chi connectivity index (χ2n) is 6.32. The number of hydrogen-bond acceptors (Lipinski definition) is 4. The van der Waals surface area contributed by atoms with Crippen LogP contribution in [0.3, 0.4) is 0 Å². The predicted octanol–water partition coefficient (Wildman–Crippen LogP) is 4.40. The van der Waals surface area contributed by atoms with Crippen molar-refractivity contribution in [2.75, 3.05) is 5.32 Å². The number of anilines is 1. The van der Waals surface area contributed by atoms with Crippen molar-refractivity contribution in [3.8, 4) is 5.82 Å². The van der Waals surface area contributed by atoms with Gasteiger partial charge in [0.2, 0.25) is 0 Å². The first kappa shape index (κ1) is 18.6. The summed E-state index contributed by atoms with van der Waals surface area (Å²) < 4.78 is 39.6. The minimum atomic E-state index is -4.48. The third-order valence-corrected chi connectivity index (χ3v) is 4.26. The molecular weight excluding hydrogens is 383 g/mol. The molecule has 0 fully saturated rings. The molecule has 0 aliphatic rings. The van der Waals surface area contributed by atoms with Gasteiger partial charge < -0.3 is 5.32 Å². The Bertz CT molecular complexity index is 1190. The maximum Gasteiger partial charge on any atom is 0.417 e. The lowest BCUT2D eigenvalue weighted by atomic mass is 10.1. The Morgan fingerprint density at radius 2 is 1.90 bits per heavy atom. The van der Waals surface area contributed by atoms with E-state index in [2.05, 4.69) is 20.4 Å². The minimum Gasteiger partial charge on any atom is -0.306 e. The number of aryl methyl sites for hydroxylation is 1. The molecule has 0 aliphatic carbocycles. The molecule has 0 bridgehead atoms. The van der Waals surface area contributed by atoms with E-state index in [9.17, 15) is 18.0 Å². The number of benzene rings is 1. The molecule has 1 aromatic carbocycles. The molecule has 4 rings (SSSR count). The Hall–Kier alpha value is -3.75. The van der Waals surface area contributed by atoms with Gasteiger partial charge in [-0.2, -0.15) is 23.0 Å². The molecular formula is C20H14F3N5O. The van der Waals surface area contributed by atoms with Crippen molar-refractivity contribution in [1.82, 2.24) is 19.7 Å². The van der Waals surface area contributed by atoms with Crippen LogP contribution in [0.1, 0.15) is 21.6 Å². The average Bonchev–Trinajstić information content (AvgIpc) is 3.07. The maximum atomic E-state index is 12.9. The normalized spacial score (nSPS) is 11.6. The first-order valence-electron chi connectivity index (χ1n) is 8.58. The van der Waals surface area contributed by atoms with Gasteiger partial charge >= 0.3 is 6.18 Å². The summed E-state index contributed by atoms with van der Waals surface area (Å²) in [6.45, 7) is 1.71. The quantitative estimate of drug-likeness (QED) is 0.556. The molecule has 3 aromatic heterocycles. The number of alkyl halides is 3. The third-order valence-electron chi connectivity index (χ3n) is 4.26. The van der Waals surface area contributed by atoms with Gasteiger partial charge in [-0.15, -0.1) is 0 Å². The summed E-state index contributed by atoms with van der Waals surface area (Å²) in [6.07, 6.45) is -2.11. The summed E-state index contributed by atoms with van der Waals surface area (Å²) in [4.78, 5) is 20.9. The first-order valence-corrected chi connectivity index (χ1v) is 8.58. The topological polar surface area (TPSA) is 72.7 Å². The Balaban J connectivity index is 1.67. The number of fused-ring (bicyclic) bond motifs is 1. The van der Waals surface area contributed by atoms with Crippen LogP contribution in [0.5, 0.6) is 0 Å². The number of aromatic nitrogens is 4. The molecule has 29 heavy (non-hydrogen) atoms. The van der Waals surface area contributed by atoms with Crippen LogP contribution in [0, 0.1) is 6.92 Å². The molecule has 3 heterocycles. The summed E-state index contributed by atoms with van der Waals surface area (Å²) >= 11 is 0. The van der Waals surface area contributed by atoms with Gasteiger partial charge in [-0.1, -0.05) is 12.1 Å². The first-order chi connectivity index (χ1) is 13.8. The van der Waals surface area contributed by atoms with Crippen molar-refractivity contribution in [2.45, 2.75) is 13.1 Å². The zero-order valence-corrected chi connectivity index (χ0v) is 15.1. The lowest BCUT2D eigenvalue weighted by molar-refractivity contribution is -0.137. The van der Waals surface area contributed by atoms with Gasteiger partial charge in [-0.3, -0.25) is 9.78 Å². The minimum absolute atomic E-state index is 0.154. The number of nitrogens with zero attached hydrogens (tertiary/aromatic N) is 4. The molecule has 0 saturated heterocycles. The fraction of sp³-hybridized carbons (Fsp3) is 0.100. The van der Waals surface area contributed by atoms with Gasteiger partial charge in [0.15, 0.2) is 5.82 Å².